The third kappa shape index (κ3) is 14.5. The molecule has 0 saturated carbocycles. The van der Waals surface area contributed by atoms with Gasteiger partial charge in [-0.2, -0.15) is 0 Å². The molecule has 0 bridgehead atoms. The molecule has 10 atom stereocenters. The lowest BCUT2D eigenvalue weighted by Crippen LogP contribution is -2.62. The summed E-state index contributed by atoms with van der Waals surface area (Å²) in [5.74, 6) is -2.51. The molecule has 14 nitrogen and oxygen atoms in total. The summed E-state index contributed by atoms with van der Waals surface area (Å²) in [5.41, 5.74) is 4.13. The smallest absolute Gasteiger partial charge is 0.338 e. The Labute approximate surface area is 435 Å². The number of carbonyl (C=O) groups is 3. The van der Waals surface area contributed by atoms with Crippen LogP contribution in [0.4, 0.5) is 0 Å². The topological polar surface area (TPSA) is 164 Å². The van der Waals surface area contributed by atoms with Gasteiger partial charge in [-0.15, -0.1) is 0 Å². The van der Waals surface area contributed by atoms with Gasteiger partial charge in [0.2, 0.25) is 0 Å². The quantitative estimate of drug-likeness (QED) is 0.0477. The summed E-state index contributed by atoms with van der Waals surface area (Å²) < 4.78 is 64.9. The Kier molecular flexibility index (Phi) is 18.7. The van der Waals surface area contributed by atoms with Crippen LogP contribution in [-0.4, -0.2) is 97.6 Å². The number of aliphatic hydroxyl groups excluding tert-OH is 1. The molecule has 2 heterocycles. The van der Waals surface area contributed by atoms with Crippen LogP contribution in [0.2, 0.25) is 0 Å². The van der Waals surface area contributed by atoms with Crippen LogP contribution >= 0.6 is 0 Å². The number of aliphatic hydroxyl groups is 1. The van der Waals surface area contributed by atoms with Crippen LogP contribution in [0.15, 0.2) is 212 Å². The molecule has 386 valence electrons. The maximum absolute atomic E-state index is 14.1. The molecule has 0 radical (unpaired) electrons. The first kappa shape index (κ1) is 52.5. The van der Waals surface area contributed by atoms with Gasteiger partial charge in [0.1, 0.15) is 30.5 Å². The molecule has 1 N–H and O–H groups in total. The molecule has 2 saturated heterocycles. The highest BCUT2D eigenvalue weighted by atomic mass is 16.7. The monoisotopic (exact) mass is 1010 g/mol. The summed E-state index contributed by atoms with van der Waals surface area (Å²) in [4.78, 5) is 41.8. The van der Waals surface area contributed by atoms with Crippen molar-refractivity contribution in [2.24, 2.45) is 0 Å². The van der Waals surface area contributed by atoms with Crippen LogP contribution in [0.3, 0.4) is 0 Å². The molecule has 7 aromatic carbocycles. The third-order valence-electron chi connectivity index (χ3n) is 12.6. The third-order valence-corrected chi connectivity index (χ3v) is 12.6. The first-order valence-electron chi connectivity index (χ1n) is 24.8. The second-order valence-corrected chi connectivity index (χ2v) is 17.9. The highest BCUT2D eigenvalue weighted by Crippen LogP contribution is 2.35. The van der Waals surface area contributed by atoms with E-state index < -0.39 is 85.9 Å². The van der Waals surface area contributed by atoms with Crippen molar-refractivity contribution in [3.05, 3.63) is 251 Å². The van der Waals surface area contributed by atoms with E-state index in [1.54, 1.807) is 66.7 Å². The molecule has 2 fully saturated rings. The zero-order valence-corrected chi connectivity index (χ0v) is 41.0. The summed E-state index contributed by atoms with van der Waals surface area (Å²) in [6.07, 6.45) is -12.8. The number of carbonyl (C=O) groups excluding carboxylic acids is 3. The molecule has 2 aliphatic rings. The van der Waals surface area contributed by atoms with Crippen LogP contribution in [0.5, 0.6) is 0 Å². The molecular weight excluding hydrogens is 957 g/mol. The largest absolute Gasteiger partial charge is 0.452 e. The maximum Gasteiger partial charge on any atom is 0.338 e. The van der Waals surface area contributed by atoms with E-state index in [-0.39, 0.29) is 43.1 Å². The van der Waals surface area contributed by atoms with E-state index in [0.29, 0.717) is 6.61 Å². The van der Waals surface area contributed by atoms with Crippen molar-refractivity contribution in [3.63, 3.8) is 0 Å². The molecule has 75 heavy (non-hydrogen) atoms. The van der Waals surface area contributed by atoms with Crippen LogP contribution in [0.25, 0.3) is 0 Å². The summed E-state index contributed by atoms with van der Waals surface area (Å²) in [5, 5.41) is 11.9. The predicted octanol–water partition coefficient (Wildman–Crippen LogP) is 9.09. The highest BCUT2D eigenvalue weighted by molar-refractivity contribution is 5.91. The number of rotatable bonds is 23. The molecule has 9 rings (SSSR count). The van der Waals surface area contributed by atoms with Gasteiger partial charge in [0.05, 0.1) is 56.3 Å². The molecule has 0 aliphatic carbocycles. The van der Waals surface area contributed by atoms with Crippen LogP contribution in [0, 0.1) is 0 Å². The fraction of sp³-hybridized carbons (Fsp3) is 0.262. The second kappa shape index (κ2) is 26.7. The maximum atomic E-state index is 14.1. The van der Waals surface area contributed by atoms with Crippen molar-refractivity contribution in [2.45, 2.75) is 87.8 Å². The average Bonchev–Trinajstić information content (AvgIpc) is 3.82. The lowest BCUT2D eigenvalue weighted by atomic mass is 9.97. The molecular formula is C61H58O14. The minimum Gasteiger partial charge on any atom is -0.452 e. The minimum absolute atomic E-state index is 0.0860. The van der Waals surface area contributed by atoms with Gasteiger partial charge in [-0.05, 0) is 58.7 Å². The van der Waals surface area contributed by atoms with Gasteiger partial charge in [-0.25, -0.2) is 14.4 Å². The average molecular weight is 1020 g/mol. The van der Waals surface area contributed by atoms with Crippen LogP contribution in [-0.2, 0) is 73.8 Å². The Balaban J connectivity index is 1.05. The Morgan fingerprint density at radius 1 is 0.413 bits per heavy atom. The predicted molar refractivity (Wildman–Crippen MR) is 274 cm³/mol. The number of hydrogen-bond acceptors (Lipinski definition) is 14. The fourth-order valence-corrected chi connectivity index (χ4v) is 8.78. The summed E-state index contributed by atoms with van der Waals surface area (Å²) in [6.45, 7) is 0.457. The molecule has 0 unspecified atom stereocenters. The molecule has 0 aromatic heterocycles. The summed E-state index contributed by atoms with van der Waals surface area (Å²) in [6, 6.07) is 63.2. The van der Waals surface area contributed by atoms with Crippen molar-refractivity contribution in [1.29, 1.82) is 0 Å². The van der Waals surface area contributed by atoms with Gasteiger partial charge >= 0.3 is 17.9 Å². The molecule has 0 amide bonds. The van der Waals surface area contributed by atoms with E-state index in [9.17, 15) is 19.5 Å². The van der Waals surface area contributed by atoms with Gasteiger partial charge in [0.15, 0.2) is 30.9 Å². The highest BCUT2D eigenvalue weighted by Gasteiger charge is 2.55. The first-order chi connectivity index (χ1) is 36.9. The van der Waals surface area contributed by atoms with E-state index in [1.165, 1.54) is 24.3 Å². The first-order valence-corrected chi connectivity index (χ1v) is 24.8. The SMILES string of the molecule is O=C(O[C@@H]1[C@H](OC(=O)c2ccccc2)[C@@H](O)O[C@H](CO[C@H]2O[C@@H]([C@@H](COCc3ccccc3)OCc3ccccc3)[C@H](OCc3ccccc3)[C@H]2OCc2ccccc2)[C@H]1OC(=O)c1ccccc1)c1ccccc1. The van der Waals surface area contributed by atoms with Crippen molar-refractivity contribution >= 4 is 17.9 Å². The summed E-state index contributed by atoms with van der Waals surface area (Å²) in [7, 11) is 0. The molecule has 7 aromatic rings. The Hall–Kier alpha value is -7.37. The lowest BCUT2D eigenvalue weighted by molar-refractivity contribution is -0.297. The Morgan fingerprint density at radius 2 is 0.800 bits per heavy atom. The standard InChI is InChI=1S/C61H58O14/c62-57(46-30-16-5-17-31-46)72-52-50(71-60(65)55(74-59(64)48-34-20-7-21-35-48)54(52)73-58(63)47-32-18-6-19-33-47)41-70-61-56(69-39-45-28-14-4-15-29-45)53(68-38-44-26-12-3-13-27-44)51(75-61)49(67-37-43-24-10-2-11-25-43)40-66-36-42-22-8-1-9-23-42/h1-35,49-56,60-61,65H,36-41H2/t49-,50-,51+,52-,53+,54+,55+,56-,60+,61+/m1/s1. The lowest BCUT2D eigenvalue weighted by Gasteiger charge is -2.43. The zero-order chi connectivity index (χ0) is 51.6. The van der Waals surface area contributed by atoms with E-state index in [2.05, 4.69) is 0 Å². The van der Waals surface area contributed by atoms with E-state index in [1.807, 2.05) is 121 Å². The van der Waals surface area contributed by atoms with E-state index >= 15 is 0 Å². The van der Waals surface area contributed by atoms with Gasteiger partial charge in [0.25, 0.3) is 0 Å². The Morgan fingerprint density at radius 3 is 1.27 bits per heavy atom. The van der Waals surface area contributed by atoms with Gasteiger partial charge in [-0.1, -0.05) is 176 Å². The number of ether oxygens (including phenoxy) is 10. The van der Waals surface area contributed by atoms with Crippen LogP contribution < -0.4 is 0 Å². The fourth-order valence-electron chi connectivity index (χ4n) is 8.78. The van der Waals surface area contributed by atoms with Crippen molar-refractivity contribution in [3.8, 4) is 0 Å². The van der Waals surface area contributed by atoms with Crippen molar-refractivity contribution in [1.82, 2.24) is 0 Å². The zero-order valence-electron chi connectivity index (χ0n) is 41.0. The summed E-state index contributed by atoms with van der Waals surface area (Å²) >= 11 is 0. The van der Waals surface area contributed by atoms with Crippen molar-refractivity contribution in [2.75, 3.05) is 13.2 Å². The van der Waals surface area contributed by atoms with Gasteiger partial charge in [0, 0.05) is 0 Å². The molecule has 14 heteroatoms. The number of benzene rings is 7. The minimum atomic E-state index is -1.92. The number of hydrogen-bond donors (Lipinski definition) is 1. The van der Waals surface area contributed by atoms with Gasteiger partial charge in [-0.3, -0.25) is 0 Å². The van der Waals surface area contributed by atoms with Gasteiger partial charge < -0.3 is 52.5 Å². The molecule has 2 aliphatic heterocycles. The number of esters is 3. The Bertz CT molecular complexity index is 2810. The van der Waals surface area contributed by atoms with Crippen molar-refractivity contribution < 1.29 is 66.9 Å². The normalized spacial score (nSPS) is 22.7. The van der Waals surface area contributed by atoms with Crippen LogP contribution in [0.1, 0.15) is 53.3 Å². The van der Waals surface area contributed by atoms with E-state index in [0.717, 1.165) is 22.3 Å². The second-order valence-electron chi connectivity index (χ2n) is 17.9. The van der Waals surface area contributed by atoms with E-state index in [4.69, 9.17) is 47.4 Å². The molecule has 0 spiro atoms.